The second-order valence-corrected chi connectivity index (χ2v) is 4.45. The van der Waals surface area contributed by atoms with E-state index in [1.54, 1.807) is 0 Å². The Kier molecular flexibility index (Phi) is 4.86. The monoisotopic (exact) mass is 238 g/mol. The number of benzene rings is 1. The lowest BCUT2D eigenvalue weighted by molar-refractivity contribution is 0.154. The second kappa shape index (κ2) is 5.94. The Labute approximate surface area is 102 Å². The predicted molar refractivity (Wildman–Crippen MR) is 70.3 cm³/mol. The smallest absolute Gasteiger partial charge is 0.103 e. The van der Waals surface area contributed by atoms with Gasteiger partial charge in [-0.3, -0.25) is 4.90 Å². The lowest BCUT2D eigenvalue weighted by Gasteiger charge is -2.22. The van der Waals surface area contributed by atoms with Gasteiger partial charge in [0.15, 0.2) is 0 Å². The Morgan fingerprint density at radius 1 is 1.56 bits per heavy atom. The van der Waals surface area contributed by atoms with Crippen LogP contribution in [0, 0.1) is 0 Å². The number of nitrogens with two attached hydrogens (primary N) is 1. The average Bonchev–Trinajstić information content (AvgIpc) is 2.28. The number of aliphatic hydroxyl groups excluding tert-OH is 1. The molecule has 3 nitrogen and oxygen atoms in total. The van der Waals surface area contributed by atoms with E-state index >= 15 is 0 Å². The Bertz CT molecular complexity index is 368. The topological polar surface area (TPSA) is 49.5 Å². The number of rotatable bonds is 5. The molecule has 0 saturated heterocycles. The first-order valence-electron chi connectivity index (χ1n) is 5.24. The van der Waals surface area contributed by atoms with Gasteiger partial charge in [0.1, 0.15) is 4.99 Å². The zero-order valence-electron chi connectivity index (χ0n) is 9.68. The van der Waals surface area contributed by atoms with Gasteiger partial charge in [0.2, 0.25) is 0 Å². The highest BCUT2D eigenvalue weighted by Gasteiger charge is 2.08. The van der Waals surface area contributed by atoms with Crippen molar-refractivity contribution in [2.75, 3.05) is 13.7 Å². The van der Waals surface area contributed by atoms with Crippen molar-refractivity contribution < 1.29 is 5.11 Å². The number of aliphatic hydroxyl groups is 1. The molecule has 0 aliphatic carbocycles. The van der Waals surface area contributed by atoms with Crippen LogP contribution in [0.1, 0.15) is 18.1 Å². The molecule has 1 rings (SSSR count). The van der Waals surface area contributed by atoms with Crippen LogP contribution in [0.4, 0.5) is 0 Å². The van der Waals surface area contributed by atoms with Crippen LogP contribution in [0.5, 0.6) is 0 Å². The van der Waals surface area contributed by atoms with Crippen LogP contribution < -0.4 is 5.73 Å². The van der Waals surface area contributed by atoms with Crippen molar-refractivity contribution in [3.8, 4) is 0 Å². The fourth-order valence-corrected chi connectivity index (χ4v) is 1.53. The molecule has 4 heteroatoms. The maximum atomic E-state index is 9.04. The summed E-state index contributed by atoms with van der Waals surface area (Å²) < 4.78 is 0. The molecule has 0 aliphatic rings. The number of hydrogen-bond acceptors (Lipinski definition) is 3. The molecule has 1 aromatic carbocycles. The van der Waals surface area contributed by atoms with Gasteiger partial charge in [0.05, 0.1) is 6.61 Å². The minimum Gasteiger partial charge on any atom is -0.395 e. The molecule has 0 spiro atoms. The maximum Gasteiger partial charge on any atom is 0.103 e. The van der Waals surface area contributed by atoms with Crippen LogP contribution in [0.3, 0.4) is 0 Å². The minimum absolute atomic E-state index is 0.147. The van der Waals surface area contributed by atoms with Crippen molar-refractivity contribution in [1.82, 2.24) is 4.90 Å². The Morgan fingerprint density at radius 3 is 2.81 bits per heavy atom. The van der Waals surface area contributed by atoms with Crippen LogP contribution in [-0.2, 0) is 6.54 Å². The first-order chi connectivity index (χ1) is 7.54. The number of likely N-dealkylation sites (N-methyl/N-ethyl adjacent to an activating group) is 1. The summed E-state index contributed by atoms with van der Waals surface area (Å²) in [4.78, 5) is 2.50. The minimum atomic E-state index is 0.147. The van der Waals surface area contributed by atoms with E-state index in [2.05, 4.69) is 4.90 Å². The Balaban J connectivity index is 2.74. The highest BCUT2D eigenvalue weighted by molar-refractivity contribution is 7.80. The second-order valence-electron chi connectivity index (χ2n) is 4.01. The van der Waals surface area contributed by atoms with Crippen LogP contribution in [0.15, 0.2) is 24.3 Å². The number of hydrogen-bond donors (Lipinski definition) is 2. The van der Waals surface area contributed by atoms with E-state index in [0.29, 0.717) is 4.99 Å². The molecule has 0 fully saturated rings. The maximum absolute atomic E-state index is 9.04. The summed E-state index contributed by atoms with van der Waals surface area (Å²) in [6, 6.07) is 8.02. The van der Waals surface area contributed by atoms with Crippen LogP contribution in [-0.4, -0.2) is 34.7 Å². The molecule has 88 valence electrons. The van der Waals surface area contributed by atoms with Gasteiger partial charge in [0.25, 0.3) is 0 Å². The third kappa shape index (κ3) is 3.56. The van der Waals surface area contributed by atoms with Gasteiger partial charge in [-0.25, -0.2) is 0 Å². The molecule has 0 heterocycles. The highest BCUT2D eigenvalue weighted by Crippen LogP contribution is 2.09. The van der Waals surface area contributed by atoms with Gasteiger partial charge < -0.3 is 10.8 Å². The number of nitrogens with zero attached hydrogens (tertiary/aromatic N) is 1. The van der Waals surface area contributed by atoms with Crippen LogP contribution >= 0.6 is 12.2 Å². The molecule has 0 saturated carbocycles. The van der Waals surface area contributed by atoms with Crippen molar-refractivity contribution >= 4 is 17.2 Å². The summed E-state index contributed by atoms with van der Waals surface area (Å²) in [7, 11) is 1.98. The molecule has 0 radical (unpaired) electrons. The molecule has 1 atom stereocenters. The van der Waals surface area contributed by atoms with Crippen LogP contribution in [0.25, 0.3) is 0 Å². The lowest BCUT2D eigenvalue weighted by atomic mass is 10.1. The van der Waals surface area contributed by atoms with Crippen molar-refractivity contribution in [1.29, 1.82) is 0 Å². The van der Waals surface area contributed by atoms with Gasteiger partial charge in [-0.05, 0) is 25.6 Å². The SMILES string of the molecule is CC(CO)N(C)Cc1cccc(C(N)=S)c1. The summed E-state index contributed by atoms with van der Waals surface area (Å²) in [5, 5.41) is 9.04. The standard InChI is InChI=1S/C12H18N2OS/c1-9(8-15)14(2)7-10-4-3-5-11(6-10)12(13)16/h3-6,9,15H,7-8H2,1-2H3,(H2,13,16). The van der Waals surface area contributed by atoms with Gasteiger partial charge in [-0.1, -0.05) is 30.4 Å². The molecule has 3 N–H and O–H groups in total. The molecule has 0 amide bonds. The van der Waals surface area contributed by atoms with Crippen molar-refractivity contribution in [2.24, 2.45) is 5.73 Å². The first-order valence-corrected chi connectivity index (χ1v) is 5.65. The molecule has 0 aliphatic heterocycles. The Hall–Kier alpha value is -0.970. The van der Waals surface area contributed by atoms with E-state index in [1.807, 2.05) is 38.2 Å². The van der Waals surface area contributed by atoms with Crippen molar-refractivity contribution in [2.45, 2.75) is 19.5 Å². The molecule has 1 unspecified atom stereocenters. The van der Waals surface area contributed by atoms with E-state index in [9.17, 15) is 0 Å². The summed E-state index contributed by atoms with van der Waals surface area (Å²) in [5.74, 6) is 0. The zero-order chi connectivity index (χ0) is 12.1. The van der Waals surface area contributed by atoms with Gasteiger partial charge in [-0.15, -0.1) is 0 Å². The van der Waals surface area contributed by atoms with Gasteiger partial charge in [0, 0.05) is 18.2 Å². The highest BCUT2D eigenvalue weighted by atomic mass is 32.1. The molecule has 0 aromatic heterocycles. The normalized spacial score (nSPS) is 12.8. The third-order valence-corrected chi connectivity index (χ3v) is 2.90. The molecular weight excluding hydrogens is 220 g/mol. The van der Waals surface area contributed by atoms with Gasteiger partial charge in [-0.2, -0.15) is 0 Å². The van der Waals surface area contributed by atoms with E-state index in [4.69, 9.17) is 23.1 Å². The predicted octanol–water partition coefficient (Wildman–Crippen LogP) is 1.13. The van der Waals surface area contributed by atoms with E-state index in [-0.39, 0.29) is 12.6 Å². The summed E-state index contributed by atoms with van der Waals surface area (Å²) in [6.45, 7) is 2.92. The largest absolute Gasteiger partial charge is 0.395 e. The Morgan fingerprint density at radius 2 is 2.25 bits per heavy atom. The van der Waals surface area contributed by atoms with Gasteiger partial charge >= 0.3 is 0 Å². The summed E-state index contributed by atoms with van der Waals surface area (Å²) in [6.07, 6.45) is 0. The van der Waals surface area contributed by atoms with Crippen molar-refractivity contribution in [3.05, 3.63) is 35.4 Å². The molecular formula is C12H18N2OS. The zero-order valence-corrected chi connectivity index (χ0v) is 10.5. The van der Waals surface area contributed by atoms with E-state index in [0.717, 1.165) is 17.7 Å². The summed E-state index contributed by atoms with van der Waals surface area (Å²) in [5.41, 5.74) is 7.61. The lowest BCUT2D eigenvalue weighted by Crippen LogP contribution is -2.31. The number of thiocarbonyl (C=S) groups is 1. The van der Waals surface area contributed by atoms with Crippen LogP contribution in [0.2, 0.25) is 0 Å². The van der Waals surface area contributed by atoms with Crippen molar-refractivity contribution in [3.63, 3.8) is 0 Å². The first kappa shape index (κ1) is 13.1. The van der Waals surface area contributed by atoms with E-state index in [1.165, 1.54) is 0 Å². The summed E-state index contributed by atoms with van der Waals surface area (Å²) >= 11 is 4.93. The fraction of sp³-hybridized carbons (Fsp3) is 0.417. The molecule has 0 bridgehead atoms. The quantitative estimate of drug-likeness (QED) is 0.755. The fourth-order valence-electron chi connectivity index (χ4n) is 1.41. The molecule has 1 aromatic rings. The average molecular weight is 238 g/mol. The third-order valence-electron chi connectivity index (χ3n) is 2.66. The van der Waals surface area contributed by atoms with E-state index < -0.39 is 0 Å². The molecule has 16 heavy (non-hydrogen) atoms.